The van der Waals surface area contributed by atoms with Crippen molar-refractivity contribution < 1.29 is 17.6 Å². The zero-order valence-corrected chi connectivity index (χ0v) is 8.76. The summed E-state index contributed by atoms with van der Waals surface area (Å²) < 4.78 is 49.2. The highest BCUT2D eigenvalue weighted by Gasteiger charge is 2.39. The SMILES string of the molecule is Cl.NC(c1cc(Cl)ccc1F)C(F)(F)F. The minimum absolute atomic E-state index is 0. The molecule has 1 unspecified atom stereocenters. The number of rotatable bonds is 1. The average molecular weight is 264 g/mol. The van der Waals surface area contributed by atoms with Gasteiger partial charge in [0.1, 0.15) is 11.9 Å². The summed E-state index contributed by atoms with van der Waals surface area (Å²) >= 11 is 5.42. The van der Waals surface area contributed by atoms with Crippen LogP contribution in [0.2, 0.25) is 5.02 Å². The van der Waals surface area contributed by atoms with Crippen LogP contribution in [0.5, 0.6) is 0 Å². The maximum absolute atomic E-state index is 12.9. The first-order chi connectivity index (χ1) is 6.32. The lowest BCUT2D eigenvalue weighted by Gasteiger charge is -2.16. The molecular weight excluding hydrogens is 257 g/mol. The average Bonchev–Trinajstić information content (AvgIpc) is 2.06. The van der Waals surface area contributed by atoms with Gasteiger partial charge in [0, 0.05) is 10.6 Å². The van der Waals surface area contributed by atoms with Crippen molar-refractivity contribution in [1.29, 1.82) is 0 Å². The highest BCUT2D eigenvalue weighted by molar-refractivity contribution is 6.30. The van der Waals surface area contributed by atoms with Crippen LogP contribution in [0.4, 0.5) is 17.6 Å². The summed E-state index contributed by atoms with van der Waals surface area (Å²) in [6.07, 6.45) is -4.68. The fourth-order valence-corrected chi connectivity index (χ4v) is 1.11. The van der Waals surface area contributed by atoms with Crippen molar-refractivity contribution in [1.82, 2.24) is 0 Å². The van der Waals surface area contributed by atoms with Gasteiger partial charge in [-0.1, -0.05) is 11.6 Å². The van der Waals surface area contributed by atoms with Crippen molar-refractivity contribution in [3.8, 4) is 0 Å². The standard InChI is InChI=1S/C8H6ClF4N.ClH/c9-4-1-2-6(10)5(3-4)7(14)8(11,12)13;/h1-3,7H,14H2;1H. The molecule has 0 aliphatic heterocycles. The van der Waals surface area contributed by atoms with Crippen LogP contribution in [-0.2, 0) is 0 Å². The van der Waals surface area contributed by atoms with Crippen molar-refractivity contribution in [3.05, 3.63) is 34.6 Å². The molecule has 15 heavy (non-hydrogen) atoms. The Bertz CT molecular complexity index is 340. The molecule has 86 valence electrons. The minimum atomic E-state index is -4.68. The lowest BCUT2D eigenvalue weighted by Crippen LogP contribution is -2.29. The Balaban J connectivity index is 0.00000196. The Labute approximate surface area is 94.6 Å². The monoisotopic (exact) mass is 263 g/mol. The van der Waals surface area contributed by atoms with Gasteiger partial charge in [0.15, 0.2) is 0 Å². The topological polar surface area (TPSA) is 26.0 Å². The number of alkyl halides is 3. The molecule has 1 aromatic rings. The van der Waals surface area contributed by atoms with E-state index in [-0.39, 0.29) is 17.4 Å². The van der Waals surface area contributed by atoms with E-state index >= 15 is 0 Å². The summed E-state index contributed by atoms with van der Waals surface area (Å²) in [5.41, 5.74) is 4.17. The molecule has 2 N–H and O–H groups in total. The highest BCUT2D eigenvalue weighted by atomic mass is 35.5. The van der Waals surface area contributed by atoms with E-state index in [9.17, 15) is 17.6 Å². The van der Waals surface area contributed by atoms with Crippen LogP contribution in [0.25, 0.3) is 0 Å². The first-order valence-corrected chi connectivity index (χ1v) is 3.97. The van der Waals surface area contributed by atoms with Gasteiger partial charge < -0.3 is 5.73 Å². The zero-order valence-electron chi connectivity index (χ0n) is 7.18. The third kappa shape index (κ3) is 3.52. The number of hydrogen-bond acceptors (Lipinski definition) is 1. The largest absolute Gasteiger partial charge is 0.407 e. The van der Waals surface area contributed by atoms with Crippen LogP contribution in [-0.4, -0.2) is 6.18 Å². The van der Waals surface area contributed by atoms with Gasteiger partial charge in [-0.05, 0) is 18.2 Å². The van der Waals surface area contributed by atoms with Crippen LogP contribution in [0, 0.1) is 5.82 Å². The second-order valence-electron chi connectivity index (χ2n) is 2.69. The maximum Gasteiger partial charge on any atom is 0.407 e. The Morgan fingerprint density at radius 1 is 1.27 bits per heavy atom. The van der Waals surface area contributed by atoms with E-state index < -0.39 is 23.6 Å². The highest BCUT2D eigenvalue weighted by Crippen LogP contribution is 2.32. The fraction of sp³-hybridized carbons (Fsp3) is 0.250. The van der Waals surface area contributed by atoms with Crippen LogP contribution >= 0.6 is 24.0 Å². The summed E-state index contributed by atoms with van der Waals surface area (Å²) in [5, 5.41) is 0.0149. The molecule has 0 saturated heterocycles. The summed E-state index contributed by atoms with van der Waals surface area (Å²) in [7, 11) is 0. The van der Waals surface area contributed by atoms with Gasteiger partial charge in [-0.15, -0.1) is 12.4 Å². The van der Waals surface area contributed by atoms with Crippen LogP contribution in [0.15, 0.2) is 18.2 Å². The van der Waals surface area contributed by atoms with Crippen molar-refractivity contribution in [2.24, 2.45) is 5.73 Å². The Hall–Kier alpha value is -0.520. The van der Waals surface area contributed by atoms with Gasteiger partial charge in [-0.2, -0.15) is 13.2 Å². The fourth-order valence-electron chi connectivity index (χ4n) is 0.929. The first-order valence-electron chi connectivity index (χ1n) is 3.59. The van der Waals surface area contributed by atoms with E-state index in [0.717, 1.165) is 18.2 Å². The number of nitrogens with two attached hydrogens (primary N) is 1. The normalized spacial score (nSPS) is 13.2. The molecule has 1 rings (SSSR count). The smallest absolute Gasteiger partial charge is 0.316 e. The Kier molecular flexibility index (Phi) is 4.83. The second kappa shape index (κ2) is 5.01. The molecule has 7 heteroatoms. The number of benzene rings is 1. The number of halogens is 6. The van der Waals surface area contributed by atoms with E-state index in [2.05, 4.69) is 0 Å². The van der Waals surface area contributed by atoms with Crippen molar-refractivity contribution >= 4 is 24.0 Å². The third-order valence-electron chi connectivity index (χ3n) is 1.65. The molecule has 0 bridgehead atoms. The molecule has 1 aromatic carbocycles. The van der Waals surface area contributed by atoms with Gasteiger partial charge >= 0.3 is 6.18 Å². The molecule has 0 saturated carbocycles. The Morgan fingerprint density at radius 2 is 1.80 bits per heavy atom. The maximum atomic E-state index is 12.9. The van der Waals surface area contributed by atoms with E-state index in [0.29, 0.717) is 0 Å². The predicted molar refractivity (Wildman–Crippen MR) is 51.6 cm³/mol. The molecule has 0 aliphatic rings. The number of hydrogen-bond donors (Lipinski definition) is 1. The van der Waals surface area contributed by atoms with Gasteiger partial charge in [0.25, 0.3) is 0 Å². The van der Waals surface area contributed by atoms with Crippen LogP contribution in [0.3, 0.4) is 0 Å². The lowest BCUT2D eigenvalue weighted by molar-refractivity contribution is -0.149. The summed E-state index contributed by atoms with van der Waals surface area (Å²) in [6, 6.07) is 0.531. The van der Waals surface area contributed by atoms with Crippen molar-refractivity contribution in [2.45, 2.75) is 12.2 Å². The van der Waals surface area contributed by atoms with Gasteiger partial charge in [-0.25, -0.2) is 4.39 Å². The van der Waals surface area contributed by atoms with E-state index in [4.69, 9.17) is 17.3 Å². The van der Waals surface area contributed by atoms with Gasteiger partial charge in [0.05, 0.1) is 0 Å². The van der Waals surface area contributed by atoms with Gasteiger partial charge in [0.2, 0.25) is 0 Å². The molecule has 0 aliphatic carbocycles. The summed E-state index contributed by atoms with van der Waals surface area (Å²) in [5.74, 6) is -1.01. The van der Waals surface area contributed by atoms with Gasteiger partial charge in [-0.3, -0.25) is 0 Å². The van der Waals surface area contributed by atoms with E-state index in [1.54, 1.807) is 0 Å². The molecular formula is C8H7Cl2F4N. The molecule has 0 amide bonds. The van der Waals surface area contributed by atoms with E-state index in [1.807, 2.05) is 0 Å². The van der Waals surface area contributed by atoms with Crippen molar-refractivity contribution in [3.63, 3.8) is 0 Å². The molecule has 0 fully saturated rings. The minimum Gasteiger partial charge on any atom is -0.316 e. The van der Waals surface area contributed by atoms with E-state index in [1.165, 1.54) is 0 Å². The quantitative estimate of drug-likeness (QED) is 0.772. The first kappa shape index (κ1) is 14.5. The van der Waals surface area contributed by atoms with Crippen molar-refractivity contribution in [2.75, 3.05) is 0 Å². The molecule has 0 spiro atoms. The molecule has 1 atom stereocenters. The summed E-state index contributed by atoms with van der Waals surface area (Å²) in [4.78, 5) is 0. The third-order valence-corrected chi connectivity index (χ3v) is 1.88. The zero-order chi connectivity index (χ0) is 10.9. The molecule has 1 nitrogen and oxygen atoms in total. The molecule has 0 heterocycles. The van der Waals surface area contributed by atoms with Crippen LogP contribution < -0.4 is 5.73 Å². The summed E-state index contributed by atoms with van der Waals surface area (Å²) in [6.45, 7) is 0. The second-order valence-corrected chi connectivity index (χ2v) is 3.12. The molecule has 0 aromatic heterocycles. The molecule has 0 radical (unpaired) electrons. The van der Waals surface area contributed by atoms with Crippen LogP contribution in [0.1, 0.15) is 11.6 Å². The predicted octanol–water partition coefficient (Wildman–Crippen LogP) is 3.46. The lowest BCUT2D eigenvalue weighted by atomic mass is 10.1. The Morgan fingerprint density at radius 3 is 2.27 bits per heavy atom.